The Labute approximate surface area is 163 Å². The Morgan fingerprint density at radius 2 is 1.93 bits per heavy atom. The van der Waals surface area contributed by atoms with Crippen LogP contribution in [0.3, 0.4) is 0 Å². The van der Waals surface area contributed by atoms with Crippen molar-refractivity contribution in [1.82, 2.24) is 14.9 Å². The average molecular weight is 384 g/mol. The molecule has 148 valence electrons. The second-order valence-electron chi connectivity index (χ2n) is 7.21. The lowest BCUT2D eigenvalue weighted by atomic mass is 10.0. The van der Waals surface area contributed by atoms with Gasteiger partial charge in [-0.1, -0.05) is 0 Å². The van der Waals surface area contributed by atoms with Crippen molar-refractivity contribution in [3.63, 3.8) is 0 Å². The minimum absolute atomic E-state index is 0.111. The zero-order valence-electron chi connectivity index (χ0n) is 16.2. The van der Waals surface area contributed by atoms with Crippen molar-refractivity contribution in [3.8, 4) is 0 Å². The van der Waals surface area contributed by atoms with Crippen LogP contribution in [-0.2, 0) is 9.47 Å². The molecule has 1 atom stereocenters. The number of hydrogen-bond donors (Lipinski definition) is 0. The summed E-state index contributed by atoms with van der Waals surface area (Å²) in [6.07, 6.45) is 1.82. The number of nitrogens with zero attached hydrogens (tertiary/aromatic N) is 4. The van der Waals surface area contributed by atoms with Gasteiger partial charge in [-0.25, -0.2) is 4.98 Å². The number of amides is 1. The van der Waals surface area contributed by atoms with Gasteiger partial charge in [0.1, 0.15) is 11.3 Å². The van der Waals surface area contributed by atoms with E-state index in [1.807, 2.05) is 6.92 Å². The molecule has 0 aliphatic carbocycles. The number of fused-ring (bicyclic) bond motifs is 1. The van der Waals surface area contributed by atoms with Crippen LogP contribution < -0.4 is 4.90 Å². The maximum absolute atomic E-state index is 12.9. The van der Waals surface area contributed by atoms with Gasteiger partial charge in [0.15, 0.2) is 5.78 Å². The minimum atomic E-state index is -0.136. The number of benzene rings is 1. The van der Waals surface area contributed by atoms with E-state index in [1.54, 1.807) is 23.2 Å². The van der Waals surface area contributed by atoms with Crippen molar-refractivity contribution < 1.29 is 19.1 Å². The maximum atomic E-state index is 12.9. The van der Waals surface area contributed by atoms with Gasteiger partial charge in [-0.15, -0.1) is 0 Å². The molecule has 2 aromatic rings. The Hall–Kier alpha value is -2.58. The van der Waals surface area contributed by atoms with Gasteiger partial charge in [0.2, 0.25) is 0 Å². The number of hydrogen-bond acceptors (Lipinski definition) is 7. The van der Waals surface area contributed by atoms with E-state index in [4.69, 9.17) is 14.5 Å². The Bertz CT molecular complexity index is 910. The summed E-state index contributed by atoms with van der Waals surface area (Å²) in [7, 11) is 0. The van der Waals surface area contributed by atoms with Crippen LogP contribution in [-0.4, -0.2) is 78.7 Å². The third-order valence-corrected chi connectivity index (χ3v) is 5.12. The zero-order valence-corrected chi connectivity index (χ0v) is 16.2. The summed E-state index contributed by atoms with van der Waals surface area (Å²) in [6.45, 7) is 7.75. The number of ether oxygens (including phenoxy) is 2. The van der Waals surface area contributed by atoms with Crippen LogP contribution >= 0.6 is 0 Å². The summed E-state index contributed by atoms with van der Waals surface area (Å²) in [5, 5.41) is 0. The second kappa shape index (κ2) is 7.81. The highest BCUT2D eigenvalue weighted by atomic mass is 16.5. The van der Waals surface area contributed by atoms with Crippen LogP contribution in [0, 0.1) is 0 Å². The Balaban J connectivity index is 1.72. The maximum Gasteiger partial charge on any atom is 0.254 e. The predicted octanol–water partition coefficient (Wildman–Crippen LogP) is 1.53. The Morgan fingerprint density at radius 1 is 1.14 bits per heavy atom. The van der Waals surface area contributed by atoms with Crippen LogP contribution in [0.2, 0.25) is 0 Å². The average Bonchev–Trinajstić information content (AvgIpc) is 2.72. The molecular formula is C20H24N4O4. The van der Waals surface area contributed by atoms with E-state index in [-0.39, 0.29) is 17.8 Å². The SMILES string of the molecule is CC(=O)c1cc(C(=O)N2CCOCC2)cc2ncc(N3CCOC(C)C3)nc12. The number of carbonyl (C=O) groups excluding carboxylic acids is 2. The van der Waals surface area contributed by atoms with Gasteiger partial charge in [-0.2, -0.15) is 0 Å². The minimum Gasteiger partial charge on any atom is -0.378 e. The van der Waals surface area contributed by atoms with Crippen LogP contribution in [0.25, 0.3) is 11.0 Å². The van der Waals surface area contributed by atoms with E-state index >= 15 is 0 Å². The summed E-state index contributed by atoms with van der Waals surface area (Å²) >= 11 is 0. The standard InChI is InChI=1S/C20H24N4O4/c1-13-12-24(5-8-28-13)18-11-21-17-10-15(9-16(14(2)25)19(17)22-18)20(26)23-3-6-27-7-4-23/h9-11,13H,3-8,12H2,1-2H3. The lowest BCUT2D eigenvalue weighted by Crippen LogP contribution is -2.41. The first kappa shape index (κ1) is 18.8. The largest absolute Gasteiger partial charge is 0.378 e. The number of aromatic nitrogens is 2. The van der Waals surface area contributed by atoms with Crippen LogP contribution in [0.15, 0.2) is 18.3 Å². The highest BCUT2D eigenvalue weighted by Crippen LogP contribution is 2.24. The number of anilines is 1. The summed E-state index contributed by atoms with van der Waals surface area (Å²) in [4.78, 5) is 38.2. The molecule has 2 fully saturated rings. The lowest BCUT2D eigenvalue weighted by Gasteiger charge is -2.32. The molecule has 2 saturated heterocycles. The van der Waals surface area contributed by atoms with E-state index in [9.17, 15) is 9.59 Å². The summed E-state index contributed by atoms with van der Waals surface area (Å²) in [5.74, 6) is 0.474. The molecule has 0 saturated carbocycles. The first-order valence-corrected chi connectivity index (χ1v) is 9.58. The first-order valence-electron chi connectivity index (χ1n) is 9.58. The zero-order chi connectivity index (χ0) is 19.7. The van der Waals surface area contributed by atoms with Gasteiger partial charge in [-0.3, -0.25) is 14.6 Å². The third kappa shape index (κ3) is 3.70. The fourth-order valence-corrected chi connectivity index (χ4v) is 3.63. The molecule has 28 heavy (non-hydrogen) atoms. The van der Waals surface area contributed by atoms with E-state index in [2.05, 4.69) is 9.88 Å². The molecule has 0 bridgehead atoms. The number of carbonyl (C=O) groups is 2. The molecule has 2 aliphatic heterocycles. The van der Waals surface area contributed by atoms with Crippen molar-refractivity contribution in [2.24, 2.45) is 0 Å². The van der Waals surface area contributed by atoms with Crippen molar-refractivity contribution in [2.75, 3.05) is 50.9 Å². The van der Waals surface area contributed by atoms with Crippen molar-refractivity contribution in [1.29, 1.82) is 0 Å². The number of morpholine rings is 2. The van der Waals surface area contributed by atoms with E-state index in [1.165, 1.54) is 6.92 Å². The van der Waals surface area contributed by atoms with E-state index in [0.717, 1.165) is 18.9 Å². The number of Topliss-reactive ketones (excluding diaryl/α,β-unsaturated/α-hetero) is 1. The van der Waals surface area contributed by atoms with Crippen molar-refractivity contribution >= 4 is 28.5 Å². The topological polar surface area (TPSA) is 84.9 Å². The van der Waals surface area contributed by atoms with Gasteiger partial charge in [0.05, 0.1) is 37.6 Å². The lowest BCUT2D eigenvalue weighted by molar-refractivity contribution is 0.0303. The molecule has 1 aromatic carbocycles. The molecule has 1 unspecified atom stereocenters. The van der Waals surface area contributed by atoms with Crippen LogP contribution in [0.5, 0.6) is 0 Å². The highest BCUT2D eigenvalue weighted by Gasteiger charge is 2.23. The molecule has 4 rings (SSSR count). The summed E-state index contributed by atoms with van der Waals surface area (Å²) < 4.78 is 10.9. The molecule has 2 aliphatic rings. The van der Waals surface area contributed by atoms with Crippen molar-refractivity contribution in [3.05, 3.63) is 29.5 Å². The van der Waals surface area contributed by atoms with Crippen LogP contribution in [0.4, 0.5) is 5.82 Å². The van der Waals surface area contributed by atoms with Gasteiger partial charge < -0.3 is 19.3 Å². The van der Waals surface area contributed by atoms with Crippen molar-refractivity contribution in [2.45, 2.75) is 20.0 Å². The van der Waals surface area contributed by atoms with Crippen LogP contribution in [0.1, 0.15) is 34.6 Å². The highest BCUT2D eigenvalue weighted by molar-refractivity contribution is 6.08. The molecule has 0 N–H and O–H groups in total. The molecule has 3 heterocycles. The monoisotopic (exact) mass is 384 g/mol. The summed E-state index contributed by atoms with van der Waals surface area (Å²) in [5.41, 5.74) is 1.96. The molecule has 0 spiro atoms. The predicted molar refractivity (Wildman–Crippen MR) is 104 cm³/mol. The van der Waals surface area contributed by atoms with Gasteiger partial charge >= 0.3 is 0 Å². The second-order valence-corrected chi connectivity index (χ2v) is 7.21. The fourth-order valence-electron chi connectivity index (χ4n) is 3.63. The van der Waals surface area contributed by atoms with Gasteiger partial charge in [-0.05, 0) is 26.0 Å². The third-order valence-electron chi connectivity index (χ3n) is 5.12. The Kier molecular flexibility index (Phi) is 5.23. The van der Waals surface area contributed by atoms with Gasteiger partial charge in [0.25, 0.3) is 5.91 Å². The quantitative estimate of drug-likeness (QED) is 0.742. The molecule has 1 aromatic heterocycles. The molecule has 8 nitrogen and oxygen atoms in total. The van der Waals surface area contributed by atoms with E-state index in [0.29, 0.717) is 55.1 Å². The number of rotatable bonds is 3. The fraction of sp³-hybridized carbons (Fsp3) is 0.500. The smallest absolute Gasteiger partial charge is 0.254 e. The summed E-state index contributed by atoms with van der Waals surface area (Å²) in [6, 6.07) is 3.36. The molecule has 0 radical (unpaired) electrons. The normalized spacial score (nSPS) is 20.4. The molecular weight excluding hydrogens is 360 g/mol. The van der Waals surface area contributed by atoms with E-state index < -0.39 is 0 Å². The number of ketones is 1. The molecule has 1 amide bonds. The van der Waals surface area contributed by atoms with Gasteiger partial charge in [0, 0.05) is 37.3 Å². The Morgan fingerprint density at radius 3 is 2.64 bits per heavy atom. The first-order chi connectivity index (χ1) is 13.5. The molecule has 8 heteroatoms.